The Balaban J connectivity index is 1.90. The first-order chi connectivity index (χ1) is 7.75. The minimum atomic E-state index is -0.253. The van der Waals surface area contributed by atoms with Gasteiger partial charge in [0.2, 0.25) is 5.91 Å². The number of carbonyl (C=O) groups is 1. The van der Waals surface area contributed by atoms with Gasteiger partial charge in [0.25, 0.3) is 0 Å². The molecular formula is C8H9N5OS2. The minimum Gasteiger partial charge on any atom is -0.301 e. The van der Waals surface area contributed by atoms with Crippen LogP contribution >= 0.6 is 23.1 Å². The predicted molar refractivity (Wildman–Crippen MR) is 62.4 cm³/mol. The first-order valence-electron chi connectivity index (χ1n) is 4.48. The largest absolute Gasteiger partial charge is 0.301 e. The second-order valence-corrected chi connectivity index (χ2v) is 5.10. The minimum absolute atomic E-state index is 0.101. The van der Waals surface area contributed by atoms with Gasteiger partial charge in [-0.25, -0.2) is 9.97 Å². The maximum Gasteiger partial charge on any atom is 0.239 e. The molecule has 2 aromatic rings. The van der Waals surface area contributed by atoms with Crippen molar-refractivity contribution in [3.8, 4) is 0 Å². The van der Waals surface area contributed by atoms with Gasteiger partial charge in [-0.15, -0.1) is 11.3 Å². The summed E-state index contributed by atoms with van der Waals surface area (Å²) in [5.41, 5.74) is 0. The van der Waals surface area contributed by atoms with E-state index < -0.39 is 0 Å². The fraction of sp³-hybridized carbons (Fsp3) is 0.250. The molecule has 1 atom stereocenters. The van der Waals surface area contributed by atoms with E-state index in [4.69, 9.17) is 0 Å². The maximum atomic E-state index is 11.7. The highest BCUT2D eigenvalue weighted by atomic mass is 32.2. The van der Waals surface area contributed by atoms with E-state index in [1.807, 2.05) is 5.38 Å². The summed E-state index contributed by atoms with van der Waals surface area (Å²) >= 11 is 2.70. The molecule has 1 unspecified atom stereocenters. The SMILES string of the molecule is CC(Sc1ncn[nH]1)C(=O)Nc1nccs1. The van der Waals surface area contributed by atoms with E-state index in [1.54, 1.807) is 13.1 Å². The molecule has 0 aliphatic carbocycles. The molecule has 0 aliphatic rings. The zero-order valence-electron chi connectivity index (χ0n) is 8.38. The highest BCUT2D eigenvalue weighted by Crippen LogP contribution is 2.20. The molecule has 2 heterocycles. The number of aromatic nitrogens is 4. The van der Waals surface area contributed by atoms with Gasteiger partial charge in [0, 0.05) is 11.6 Å². The van der Waals surface area contributed by atoms with Crippen molar-refractivity contribution in [1.29, 1.82) is 0 Å². The van der Waals surface area contributed by atoms with Crippen LogP contribution in [0.25, 0.3) is 0 Å². The number of hydrogen-bond acceptors (Lipinski definition) is 6. The van der Waals surface area contributed by atoms with Gasteiger partial charge in [-0.05, 0) is 6.92 Å². The lowest BCUT2D eigenvalue weighted by atomic mass is 10.4. The molecule has 2 N–H and O–H groups in total. The summed E-state index contributed by atoms with van der Waals surface area (Å²) in [7, 11) is 0. The number of nitrogens with zero attached hydrogens (tertiary/aromatic N) is 3. The van der Waals surface area contributed by atoms with E-state index in [1.165, 1.54) is 29.4 Å². The Morgan fingerprint density at radius 3 is 3.12 bits per heavy atom. The van der Waals surface area contributed by atoms with Crippen molar-refractivity contribution in [2.24, 2.45) is 0 Å². The lowest BCUT2D eigenvalue weighted by Crippen LogP contribution is -2.22. The molecule has 6 nitrogen and oxygen atoms in total. The van der Waals surface area contributed by atoms with Gasteiger partial charge in [0.1, 0.15) is 6.33 Å². The molecule has 0 spiro atoms. The molecule has 1 amide bonds. The fourth-order valence-corrected chi connectivity index (χ4v) is 2.21. The topological polar surface area (TPSA) is 83.6 Å². The normalized spacial score (nSPS) is 12.3. The number of aromatic amines is 1. The van der Waals surface area contributed by atoms with Crippen LogP contribution in [0.2, 0.25) is 0 Å². The average Bonchev–Trinajstić information content (AvgIpc) is 2.90. The molecular weight excluding hydrogens is 246 g/mol. The fourth-order valence-electron chi connectivity index (χ4n) is 0.964. The number of H-pyrrole nitrogens is 1. The van der Waals surface area contributed by atoms with Gasteiger partial charge in [0.15, 0.2) is 10.3 Å². The molecule has 0 fully saturated rings. The van der Waals surface area contributed by atoms with E-state index >= 15 is 0 Å². The first kappa shape index (κ1) is 11.1. The zero-order chi connectivity index (χ0) is 11.4. The molecule has 0 saturated carbocycles. The molecule has 0 saturated heterocycles. The van der Waals surface area contributed by atoms with Crippen LogP contribution in [-0.2, 0) is 4.79 Å². The first-order valence-corrected chi connectivity index (χ1v) is 6.24. The molecule has 16 heavy (non-hydrogen) atoms. The number of anilines is 1. The molecule has 8 heteroatoms. The highest BCUT2D eigenvalue weighted by Gasteiger charge is 2.16. The standard InChI is InChI=1S/C8H9N5OS2/c1-5(16-8-10-4-11-13-8)6(14)12-7-9-2-3-15-7/h2-5H,1H3,(H,9,12,14)(H,10,11,13). The lowest BCUT2D eigenvalue weighted by molar-refractivity contribution is -0.115. The smallest absolute Gasteiger partial charge is 0.239 e. The average molecular weight is 255 g/mol. The number of thiazole rings is 1. The van der Waals surface area contributed by atoms with Crippen LogP contribution in [0.3, 0.4) is 0 Å². The van der Waals surface area contributed by atoms with Gasteiger partial charge in [-0.1, -0.05) is 11.8 Å². The number of hydrogen-bond donors (Lipinski definition) is 2. The summed E-state index contributed by atoms with van der Waals surface area (Å²) in [6.45, 7) is 1.80. The highest BCUT2D eigenvalue weighted by molar-refractivity contribution is 8.00. The Kier molecular flexibility index (Phi) is 3.52. The molecule has 84 valence electrons. The monoisotopic (exact) mass is 255 g/mol. The van der Waals surface area contributed by atoms with Gasteiger partial charge in [-0.2, -0.15) is 5.10 Å². The Morgan fingerprint density at radius 2 is 2.50 bits per heavy atom. The van der Waals surface area contributed by atoms with Crippen molar-refractivity contribution in [2.45, 2.75) is 17.3 Å². The summed E-state index contributed by atoms with van der Waals surface area (Å²) in [5, 5.41) is 11.9. The molecule has 0 aromatic carbocycles. The van der Waals surface area contributed by atoms with Crippen molar-refractivity contribution in [3.63, 3.8) is 0 Å². The number of amides is 1. The Bertz CT molecular complexity index is 441. The van der Waals surface area contributed by atoms with Crippen LogP contribution in [0, 0.1) is 0 Å². The maximum absolute atomic E-state index is 11.7. The molecule has 0 bridgehead atoms. The van der Waals surface area contributed by atoms with Crippen molar-refractivity contribution in [1.82, 2.24) is 20.2 Å². The van der Waals surface area contributed by atoms with Crippen molar-refractivity contribution >= 4 is 34.1 Å². The number of rotatable bonds is 4. The summed E-state index contributed by atoms with van der Waals surface area (Å²) in [6, 6.07) is 0. The molecule has 0 aliphatic heterocycles. The molecule has 2 rings (SSSR count). The van der Waals surface area contributed by atoms with Gasteiger partial charge in [-0.3, -0.25) is 9.89 Å². The number of nitrogens with one attached hydrogen (secondary N) is 2. The Hall–Kier alpha value is -1.41. The van der Waals surface area contributed by atoms with Gasteiger partial charge < -0.3 is 5.32 Å². The van der Waals surface area contributed by atoms with E-state index in [0.717, 1.165) is 0 Å². The van der Waals surface area contributed by atoms with Crippen molar-refractivity contribution in [3.05, 3.63) is 17.9 Å². The third kappa shape index (κ3) is 2.80. The molecule has 0 radical (unpaired) electrons. The van der Waals surface area contributed by atoms with Crippen molar-refractivity contribution < 1.29 is 4.79 Å². The lowest BCUT2D eigenvalue weighted by Gasteiger charge is -2.07. The third-order valence-corrected chi connectivity index (χ3v) is 3.39. The zero-order valence-corrected chi connectivity index (χ0v) is 10.0. The van der Waals surface area contributed by atoms with Gasteiger partial charge in [0.05, 0.1) is 5.25 Å². The van der Waals surface area contributed by atoms with E-state index in [9.17, 15) is 4.79 Å². The van der Waals surface area contributed by atoms with Crippen LogP contribution in [0.1, 0.15) is 6.92 Å². The van der Waals surface area contributed by atoms with Gasteiger partial charge >= 0.3 is 0 Å². The summed E-state index contributed by atoms with van der Waals surface area (Å²) in [6.07, 6.45) is 3.06. The molecule has 2 aromatic heterocycles. The van der Waals surface area contributed by atoms with E-state index in [-0.39, 0.29) is 11.2 Å². The Morgan fingerprint density at radius 1 is 1.62 bits per heavy atom. The van der Waals surface area contributed by atoms with Crippen LogP contribution < -0.4 is 5.32 Å². The quantitative estimate of drug-likeness (QED) is 0.806. The van der Waals surface area contributed by atoms with Crippen LogP contribution in [0.4, 0.5) is 5.13 Å². The third-order valence-electron chi connectivity index (χ3n) is 1.71. The predicted octanol–water partition coefficient (Wildman–Crippen LogP) is 1.38. The van der Waals surface area contributed by atoms with Crippen molar-refractivity contribution in [2.75, 3.05) is 5.32 Å². The second kappa shape index (κ2) is 5.08. The Labute approximate surface area is 99.9 Å². The summed E-state index contributed by atoms with van der Waals surface area (Å²) < 4.78 is 0. The second-order valence-electron chi connectivity index (χ2n) is 2.88. The van der Waals surface area contributed by atoms with Crippen LogP contribution in [-0.4, -0.2) is 31.3 Å². The number of thioether (sulfide) groups is 1. The number of carbonyl (C=O) groups excluding carboxylic acids is 1. The van der Waals surface area contributed by atoms with Crippen LogP contribution in [0.5, 0.6) is 0 Å². The van der Waals surface area contributed by atoms with Crippen LogP contribution in [0.15, 0.2) is 23.1 Å². The van der Waals surface area contributed by atoms with E-state index in [2.05, 4.69) is 25.5 Å². The summed E-state index contributed by atoms with van der Waals surface area (Å²) in [5.74, 6) is -0.101. The summed E-state index contributed by atoms with van der Waals surface area (Å²) in [4.78, 5) is 19.6. The van der Waals surface area contributed by atoms with E-state index in [0.29, 0.717) is 10.3 Å².